The molecule has 10 nitrogen and oxygen atoms in total. The molecule has 0 fully saturated rings. The maximum atomic E-state index is 11.4. The summed E-state index contributed by atoms with van der Waals surface area (Å²) in [4.78, 5) is 41.4. The molecule has 0 aromatic carbocycles. The summed E-state index contributed by atoms with van der Waals surface area (Å²) in [5, 5.41) is 14.3. The molecule has 0 aromatic rings. The third-order valence-electron chi connectivity index (χ3n) is 2.02. The zero-order valence-electron chi connectivity index (χ0n) is 17.7. The molecule has 0 aromatic heterocycles. The Morgan fingerprint density at radius 1 is 0.963 bits per heavy atom. The highest BCUT2D eigenvalue weighted by Gasteiger charge is 2.16. The molecule has 0 unspecified atom stereocenters. The summed E-state index contributed by atoms with van der Waals surface area (Å²) in [5.74, 6) is -0.293. The van der Waals surface area contributed by atoms with Crippen molar-refractivity contribution in [3.05, 3.63) is 0 Å². The van der Waals surface area contributed by atoms with E-state index in [-0.39, 0.29) is 18.9 Å². The number of rotatable bonds is 7. The normalized spacial score (nSPS) is 8.70. The van der Waals surface area contributed by atoms with Crippen LogP contribution < -0.4 is 21.7 Å². The van der Waals surface area contributed by atoms with E-state index in [1.54, 1.807) is 20.8 Å². The first-order valence-corrected chi connectivity index (χ1v) is 8.97. The lowest BCUT2D eigenvalue weighted by Crippen LogP contribution is -2.40. The van der Waals surface area contributed by atoms with Crippen LogP contribution in [0.3, 0.4) is 0 Å². The van der Waals surface area contributed by atoms with Gasteiger partial charge in [-0.25, -0.2) is 9.59 Å². The number of alkyl carbamates (subject to hydrolysis) is 1. The van der Waals surface area contributed by atoms with Gasteiger partial charge in [0.15, 0.2) is 0 Å². The number of primary amides is 1. The summed E-state index contributed by atoms with van der Waals surface area (Å²) in [6, 6.07) is -0.560. The van der Waals surface area contributed by atoms with Gasteiger partial charge in [0.1, 0.15) is 5.60 Å². The molecule has 0 radical (unpaired) electrons. The highest BCUT2D eigenvalue weighted by atomic mass is 16.6. The van der Waals surface area contributed by atoms with E-state index in [1.807, 2.05) is 27.7 Å². The van der Waals surface area contributed by atoms with Gasteiger partial charge in [0.05, 0.1) is 6.54 Å². The highest BCUT2D eigenvalue weighted by molar-refractivity contribution is 5.82. The summed E-state index contributed by atoms with van der Waals surface area (Å²) < 4.78 is 4.99. The Morgan fingerprint density at radius 3 is 1.74 bits per heavy atom. The van der Waals surface area contributed by atoms with E-state index >= 15 is 0 Å². The highest BCUT2D eigenvalue weighted by Crippen LogP contribution is 2.05. The van der Waals surface area contributed by atoms with Crippen molar-refractivity contribution in [1.82, 2.24) is 16.0 Å². The van der Waals surface area contributed by atoms with E-state index < -0.39 is 17.7 Å². The molecule has 0 atom stereocenters. The van der Waals surface area contributed by atoms with Gasteiger partial charge in [0.2, 0.25) is 5.91 Å². The number of carboxylic acid groups (broad SMARTS) is 1. The van der Waals surface area contributed by atoms with Gasteiger partial charge in [-0.2, -0.15) is 0 Å². The van der Waals surface area contributed by atoms with Crippen LogP contribution in [0.5, 0.6) is 0 Å². The number of nitrogens with two attached hydrogens (primary N) is 1. The van der Waals surface area contributed by atoms with Gasteiger partial charge in [0.25, 0.3) is 6.47 Å². The molecule has 6 N–H and O–H groups in total. The van der Waals surface area contributed by atoms with Crippen molar-refractivity contribution in [2.45, 2.75) is 66.9 Å². The number of hydrogen-bond acceptors (Lipinski definition) is 5. The maximum Gasteiger partial charge on any atom is 0.408 e. The largest absolute Gasteiger partial charge is 0.483 e. The maximum absolute atomic E-state index is 11.4. The van der Waals surface area contributed by atoms with E-state index in [0.717, 1.165) is 0 Å². The Balaban J connectivity index is -0.000000331. The van der Waals surface area contributed by atoms with Gasteiger partial charge in [-0.05, 0) is 33.6 Å². The number of unbranched alkanes of at least 4 members (excludes halogenated alkanes) is 1. The van der Waals surface area contributed by atoms with E-state index in [4.69, 9.17) is 20.4 Å². The fourth-order valence-corrected chi connectivity index (χ4v) is 1.22. The number of nitrogens with one attached hydrogen (secondary N) is 3. The van der Waals surface area contributed by atoms with Crippen molar-refractivity contribution < 1.29 is 29.0 Å². The predicted octanol–water partition coefficient (Wildman–Crippen LogP) is 1.83. The van der Waals surface area contributed by atoms with Gasteiger partial charge in [0, 0.05) is 13.1 Å². The number of ether oxygens (including phenoxy) is 1. The summed E-state index contributed by atoms with van der Waals surface area (Å²) in [6.07, 6.45) is 0.791. The van der Waals surface area contributed by atoms with Crippen molar-refractivity contribution in [3.8, 4) is 0 Å². The van der Waals surface area contributed by atoms with Gasteiger partial charge >= 0.3 is 12.1 Å². The van der Waals surface area contributed by atoms with Crippen molar-refractivity contribution in [1.29, 1.82) is 0 Å². The number of hydrogen-bond donors (Lipinski definition) is 5. The van der Waals surface area contributed by atoms with Crippen LogP contribution in [0.4, 0.5) is 9.59 Å². The van der Waals surface area contributed by atoms with E-state index in [2.05, 4.69) is 16.0 Å². The number of carbonyl (C=O) groups excluding carboxylic acids is 3. The quantitative estimate of drug-likeness (QED) is 0.327. The van der Waals surface area contributed by atoms with E-state index in [1.165, 1.54) is 0 Å². The molecule has 0 spiro atoms. The molecule has 162 valence electrons. The molecule has 0 rings (SSSR count). The van der Waals surface area contributed by atoms with E-state index in [9.17, 15) is 14.4 Å². The van der Waals surface area contributed by atoms with Gasteiger partial charge in [-0.15, -0.1) is 0 Å². The van der Waals surface area contributed by atoms with Crippen LogP contribution in [0, 0.1) is 0 Å². The SMILES string of the molecule is CC.CC.CC(C)(C)OC(=O)NCC(=O)NCCCCNC(N)=O.O=CO. The summed E-state index contributed by atoms with van der Waals surface area (Å²) in [5.41, 5.74) is 4.31. The second-order valence-corrected chi connectivity index (χ2v) is 5.31. The standard InChI is InChI=1S/C12H24N4O4.2C2H6.CH2O2/c1-12(2,3)20-11(19)16-8-9(17)14-6-4-5-7-15-10(13)18;2*1-2;2-1-3/h4-8H2,1-3H3,(H,14,17)(H,16,19)(H3,13,15,18);2*1-2H3;1H,(H,2,3). The minimum Gasteiger partial charge on any atom is -0.483 e. The van der Waals surface area contributed by atoms with Gasteiger partial charge < -0.3 is 31.5 Å². The minimum atomic E-state index is -0.627. The average molecular weight is 395 g/mol. The van der Waals surface area contributed by atoms with Crippen LogP contribution in [0.25, 0.3) is 0 Å². The van der Waals surface area contributed by atoms with Crippen LogP contribution in [-0.2, 0) is 14.3 Å². The van der Waals surface area contributed by atoms with Crippen LogP contribution in [0.1, 0.15) is 61.3 Å². The summed E-state index contributed by atoms with van der Waals surface area (Å²) in [6.45, 7) is 13.8. The first-order valence-electron chi connectivity index (χ1n) is 8.97. The van der Waals surface area contributed by atoms with Crippen LogP contribution in [0.2, 0.25) is 0 Å². The molecule has 0 saturated carbocycles. The molecular formula is C17H38N4O6. The number of carbonyl (C=O) groups is 4. The topological polar surface area (TPSA) is 160 Å². The van der Waals surface area contributed by atoms with Crippen molar-refractivity contribution in [3.63, 3.8) is 0 Å². The van der Waals surface area contributed by atoms with Crippen LogP contribution >= 0.6 is 0 Å². The Kier molecular flexibility index (Phi) is 28.0. The molecule has 0 bridgehead atoms. The Labute approximate surface area is 162 Å². The summed E-state index contributed by atoms with van der Waals surface area (Å²) >= 11 is 0. The third kappa shape index (κ3) is 39.9. The summed E-state index contributed by atoms with van der Waals surface area (Å²) in [7, 11) is 0. The molecule has 0 aliphatic heterocycles. The predicted molar refractivity (Wildman–Crippen MR) is 105 cm³/mol. The minimum absolute atomic E-state index is 0.131. The second-order valence-electron chi connectivity index (χ2n) is 5.31. The Hall–Kier alpha value is -2.52. The number of urea groups is 1. The molecule has 10 heteroatoms. The molecule has 0 saturated heterocycles. The van der Waals surface area contributed by atoms with Crippen LogP contribution in [0.15, 0.2) is 0 Å². The van der Waals surface area contributed by atoms with Crippen molar-refractivity contribution >= 4 is 24.5 Å². The molecule has 27 heavy (non-hydrogen) atoms. The zero-order chi connectivity index (χ0) is 22.3. The molecule has 4 amide bonds. The molecule has 0 aliphatic carbocycles. The molecule has 0 aliphatic rings. The second kappa shape index (κ2) is 23.5. The monoisotopic (exact) mass is 394 g/mol. The first-order chi connectivity index (χ1) is 12.6. The lowest BCUT2D eigenvalue weighted by molar-refractivity contribution is -0.123. The smallest absolute Gasteiger partial charge is 0.408 e. The van der Waals surface area contributed by atoms with Crippen LogP contribution in [-0.4, -0.2) is 54.8 Å². The van der Waals surface area contributed by atoms with Crippen molar-refractivity contribution in [2.75, 3.05) is 19.6 Å². The Morgan fingerprint density at radius 2 is 1.37 bits per heavy atom. The molecular weight excluding hydrogens is 356 g/mol. The van der Waals surface area contributed by atoms with Crippen molar-refractivity contribution in [2.24, 2.45) is 5.73 Å². The van der Waals surface area contributed by atoms with Gasteiger partial charge in [-0.1, -0.05) is 27.7 Å². The first kappa shape index (κ1) is 32.2. The lowest BCUT2D eigenvalue weighted by Gasteiger charge is -2.19. The number of amides is 4. The lowest BCUT2D eigenvalue weighted by atomic mass is 10.2. The Bertz CT molecular complexity index is 384. The molecule has 0 heterocycles. The average Bonchev–Trinajstić information content (AvgIpc) is 2.59. The fraction of sp³-hybridized carbons (Fsp3) is 0.765. The zero-order valence-corrected chi connectivity index (χ0v) is 17.7. The third-order valence-corrected chi connectivity index (χ3v) is 2.02. The van der Waals surface area contributed by atoms with E-state index in [0.29, 0.717) is 25.9 Å². The van der Waals surface area contributed by atoms with Gasteiger partial charge in [-0.3, -0.25) is 9.59 Å². The fourth-order valence-electron chi connectivity index (χ4n) is 1.22.